The summed E-state index contributed by atoms with van der Waals surface area (Å²) < 4.78 is 13.6. The quantitative estimate of drug-likeness (QED) is 0.904. The second-order valence-corrected chi connectivity index (χ2v) is 6.43. The predicted octanol–water partition coefficient (Wildman–Crippen LogP) is 1.61. The van der Waals surface area contributed by atoms with Gasteiger partial charge in [-0.05, 0) is 25.0 Å². The molecule has 2 aromatic rings. The van der Waals surface area contributed by atoms with Crippen molar-refractivity contribution in [3.63, 3.8) is 0 Å². The number of aromatic nitrogens is 3. The molecular weight excluding hydrogens is 260 g/mol. The fourth-order valence-electron chi connectivity index (χ4n) is 2.49. The molecule has 19 heavy (non-hydrogen) atoms. The third-order valence-corrected chi connectivity index (χ3v) is 4.88. The van der Waals surface area contributed by atoms with Crippen LogP contribution in [0.15, 0.2) is 30.9 Å². The molecule has 2 aromatic heterocycles. The Hall–Kier alpha value is -1.69. The molecule has 100 valence electrons. The molecule has 0 radical (unpaired) electrons. The molecule has 0 aromatic carbocycles. The van der Waals surface area contributed by atoms with Gasteiger partial charge in [0.05, 0.1) is 18.2 Å². The zero-order valence-electron chi connectivity index (χ0n) is 10.5. The van der Waals surface area contributed by atoms with Crippen LogP contribution in [0.25, 0.3) is 11.3 Å². The van der Waals surface area contributed by atoms with E-state index in [9.17, 15) is 4.21 Å². The lowest BCUT2D eigenvalue weighted by Crippen LogP contribution is -2.21. The Morgan fingerprint density at radius 2 is 2.16 bits per heavy atom. The third kappa shape index (κ3) is 2.53. The van der Waals surface area contributed by atoms with E-state index in [1.165, 1.54) is 0 Å². The number of hydrogen-bond donors (Lipinski definition) is 1. The molecule has 5 nitrogen and oxygen atoms in total. The number of hydrogen-bond acceptors (Lipinski definition) is 4. The summed E-state index contributed by atoms with van der Waals surface area (Å²) in [7, 11) is -0.641. The van der Waals surface area contributed by atoms with Crippen molar-refractivity contribution in [2.24, 2.45) is 0 Å². The molecule has 6 heteroatoms. The first-order chi connectivity index (χ1) is 9.24. The zero-order valence-corrected chi connectivity index (χ0v) is 11.3. The number of rotatable bonds is 2. The first kappa shape index (κ1) is 12.3. The van der Waals surface area contributed by atoms with Crippen LogP contribution < -0.4 is 5.73 Å². The van der Waals surface area contributed by atoms with E-state index in [2.05, 4.69) is 14.5 Å². The lowest BCUT2D eigenvalue weighted by Gasteiger charge is -2.24. The van der Waals surface area contributed by atoms with Crippen LogP contribution in [0.3, 0.4) is 0 Å². The highest BCUT2D eigenvalue weighted by atomic mass is 32.2. The number of imidazole rings is 1. The maximum atomic E-state index is 11.4. The van der Waals surface area contributed by atoms with Gasteiger partial charge in [0.25, 0.3) is 0 Å². The minimum atomic E-state index is -0.641. The molecule has 0 aliphatic carbocycles. The standard InChI is InChI=1S/C13H16N4OS/c14-13-7-10(1-4-16-13)12-8-15-9-17(12)11-2-5-19(18)6-3-11/h1,4,7-9,11H,2-3,5-6H2,(H2,14,16). The number of pyridine rings is 1. The highest BCUT2D eigenvalue weighted by molar-refractivity contribution is 7.85. The normalized spacial score (nSPS) is 23.4. The molecule has 0 amide bonds. The first-order valence-corrected chi connectivity index (χ1v) is 7.81. The van der Waals surface area contributed by atoms with E-state index in [4.69, 9.17) is 5.73 Å². The molecule has 0 atom stereocenters. The molecular formula is C13H16N4OS. The Kier molecular flexibility index (Phi) is 3.33. The smallest absolute Gasteiger partial charge is 0.123 e. The Morgan fingerprint density at radius 3 is 2.89 bits per heavy atom. The Balaban J connectivity index is 1.92. The average Bonchev–Trinajstić information content (AvgIpc) is 2.89. The zero-order chi connectivity index (χ0) is 13.2. The monoisotopic (exact) mass is 276 g/mol. The van der Waals surface area contributed by atoms with Crippen LogP contribution in [0, 0.1) is 0 Å². The third-order valence-electron chi connectivity index (χ3n) is 3.49. The summed E-state index contributed by atoms with van der Waals surface area (Å²) in [4.78, 5) is 8.26. The van der Waals surface area contributed by atoms with Crippen LogP contribution in [0.5, 0.6) is 0 Å². The minimum absolute atomic E-state index is 0.379. The van der Waals surface area contributed by atoms with Crippen molar-refractivity contribution in [2.75, 3.05) is 17.2 Å². The van der Waals surface area contributed by atoms with Gasteiger partial charge in [0.2, 0.25) is 0 Å². The Morgan fingerprint density at radius 1 is 1.37 bits per heavy atom. The van der Waals surface area contributed by atoms with E-state index in [1.807, 2.05) is 24.7 Å². The van der Waals surface area contributed by atoms with Gasteiger partial charge in [0.15, 0.2) is 0 Å². The maximum absolute atomic E-state index is 11.4. The molecule has 0 saturated carbocycles. The lowest BCUT2D eigenvalue weighted by atomic mass is 10.1. The second kappa shape index (κ2) is 5.13. The molecule has 1 saturated heterocycles. The number of nitrogens with two attached hydrogens (primary N) is 1. The summed E-state index contributed by atoms with van der Waals surface area (Å²) in [6.45, 7) is 0. The average molecular weight is 276 g/mol. The van der Waals surface area contributed by atoms with Gasteiger partial charge in [0.1, 0.15) is 5.82 Å². The highest BCUT2D eigenvalue weighted by Crippen LogP contribution is 2.29. The van der Waals surface area contributed by atoms with Crippen LogP contribution in [-0.4, -0.2) is 30.2 Å². The molecule has 3 heterocycles. The summed E-state index contributed by atoms with van der Waals surface area (Å²) in [6, 6.07) is 4.17. The molecule has 1 fully saturated rings. The summed E-state index contributed by atoms with van der Waals surface area (Å²) in [5, 5.41) is 0. The lowest BCUT2D eigenvalue weighted by molar-refractivity contribution is 0.465. The van der Waals surface area contributed by atoms with Gasteiger partial charge in [-0.1, -0.05) is 0 Å². The van der Waals surface area contributed by atoms with Crippen molar-refractivity contribution in [1.29, 1.82) is 0 Å². The molecule has 0 unspecified atom stereocenters. The molecule has 0 bridgehead atoms. The second-order valence-electron chi connectivity index (χ2n) is 4.73. The summed E-state index contributed by atoms with van der Waals surface area (Å²) in [5.41, 5.74) is 7.80. The van der Waals surface area contributed by atoms with E-state index in [-0.39, 0.29) is 0 Å². The summed E-state index contributed by atoms with van der Waals surface area (Å²) >= 11 is 0. The van der Waals surface area contributed by atoms with E-state index >= 15 is 0 Å². The van der Waals surface area contributed by atoms with Crippen molar-refractivity contribution in [2.45, 2.75) is 18.9 Å². The van der Waals surface area contributed by atoms with Crippen molar-refractivity contribution >= 4 is 16.6 Å². The van der Waals surface area contributed by atoms with E-state index in [1.54, 1.807) is 6.20 Å². The van der Waals surface area contributed by atoms with Gasteiger partial charge in [-0.15, -0.1) is 0 Å². The fourth-order valence-corrected chi connectivity index (χ4v) is 3.76. The molecule has 1 aliphatic heterocycles. The van der Waals surface area contributed by atoms with Crippen LogP contribution in [0.4, 0.5) is 5.82 Å². The van der Waals surface area contributed by atoms with E-state index in [0.717, 1.165) is 35.6 Å². The van der Waals surface area contributed by atoms with Crippen molar-refractivity contribution in [1.82, 2.24) is 14.5 Å². The largest absolute Gasteiger partial charge is 0.384 e. The summed E-state index contributed by atoms with van der Waals surface area (Å²) in [5.74, 6) is 2.07. The SMILES string of the molecule is Nc1cc(-c2cncn2C2CCS(=O)CC2)ccn1. The highest BCUT2D eigenvalue weighted by Gasteiger charge is 2.21. The van der Waals surface area contributed by atoms with E-state index in [0.29, 0.717) is 11.9 Å². The topological polar surface area (TPSA) is 73.8 Å². The van der Waals surface area contributed by atoms with Gasteiger partial charge in [-0.2, -0.15) is 0 Å². The summed E-state index contributed by atoms with van der Waals surface area (Å²) in [6.07, 6.45) is 7.29. The van der Waals surface area contributed by atoms with Crippen LogP contribution >= 0.6 is 0 Å². The van der Waals surface area contributed by atoms with Crippen LogP contribution in [-0.2, 0) is 10.8 Å². The first-order valence-electron chi connectivity index (χ1n) is 6.33. The van der Waals surface area contributed by atoms with Crippen molar-refractivity contribution in [3.8, 4) is 11.3 Å². The molecule has 0 spiro atoms. The minimum Gasteiger partial charge on any atom is -0.384 e. The van der Waals surface area contributed by atoms with Crippen LogP contribution in [0.1, 0.15) is 18.9 Å². The number of nitrogen functional groups attached to an aromatic ring is 1. The maximum Gasteiger partial charge on any atom is 0.123 e. The van der Waals surface area contributed by atoms with Crippen LogP contribution in [0.2, 0.25) is 0 Å². The van der Waals surface area contributed by atoms with E-state index < -0.39 is 10.8 Å². The molecule has 3 rings (SSSR count). The van der Waals surface area contributed by atoms with Gasteiger partial charge >= 0.3 is 0 Å². The Labute approximate surface area is 114 Å². The number of nitrogens with zero attached hydrogens (tertiary/aromatic N) is 3. The van der Waals surface area contributed by atoms with Gasteiger partial charge in [-0.25, -0.2) is 9.97 Å². The fraction of sp³-hybridized carbons (Fsp3) is 0.385. The van der Waals surface area contributed by atoms with Crippen molar-refractivity contribution < 1.29 is 4.21 Å². The van der Waals surface area contributed by atoms with Gasteiger partial charge < -0.3 is 10.3 Å². The molecule has 2 N–H and O–H groups in total. The van der Waals surface area contributed by atoms with Gasteiger partial charge in [0, 0.05) is 40.1 Å². The van der Waals surface area contributed by atoms with Gasteiger partial charge in [-0.3, -0.25) is 4.21 Å². The number of anilines is 1. The molecule has 1 aliphatic rings. The Bertz CT molecular complexity index is 600. The van der Waals surface area contributed by atoms with Crippen molar-refractivity contribution in [3.05, 3.63) is 30.9 Å². The predicted molar refractivity (Wildman–Crippen MR) is 76.0 cm³/mol.